The Morgan fingerprint density at radius 3 is 2.57 bits per heavy atom. The van der Waals surface area contributed by atoms with E-state index < -0.39 is 0 Å². The van der Waals surface area contributed by atoms with Crippen LogP contribution >= 0.6 is 11.8 Å². The highest BCUT2D eigenvalue weighted by Gasteiger charge is 2.19. The first-order chi connectivity index (χ1) is 13.5. The third-order valence-electron chi connectivity index (χ3n) is 3.62. The van der Waals surface area contributed by atoms with Gasteiger partial charge < -0.3 is 15.1 Å². The van der Waals surface area contributed by atoms with Crippen LogP contribution in [-0.2, 0) is 9.59 Å². The maximum atomic E-state index is 12.1. The molecule has 0 aliphatic rings. The van der Waals surface area contributed by atoms with Gasteiger partial charge >= 0.3 is 0 Å². The van der Waals surface area contributed by atoms with Gasteiger partial charge in [0.15, 0.2) is 10.9 Å². The fourth-order valence-corrected chi connectivity index (χ4v) is 3.25. The van der Waals surface area contributed by atoms with Crippen molar-refractivity contribution in [1.82, 2.24) is 25.4 Å². The zero-order valence-electron chi connectivity index (χ0n) is 15.6. The summed E-state index contributed by atoms with van der Waals surface area (Å²) in [7, 11) is 0. The second-order valence-electron chi connectivity index (χ2n) is 6.24. The molecule has 3 rings (SSSR count). The molecule has 3 aromatic rings. The van der Waals surface area contributed by atoms with Crippen LogP contribution in [0.4, 0.5) is 0 Å². The van der Waals surface area contributed by atoms with Gasteiger partial charge in [-0.3, -0.25) is 14.2 Å². The smallest absolute Gasteiger partial charge is 0.239 e. The molecule has 2 amide bonds. The van der Waals surface area contributed by atoms with Gasteiger partial charge in [-0.25, -0.2) is 0 Å². The maximum Gasteiger partial charge on any atom is 0.239 e. The Morgan fingerprint density at radius 1 is 1.11 bits per heavy atom. The summed E-state index contributed by atoms with van der Waals surface area (Å²) < 4.78 is 7.30. The number of amides is 2. The van der Waals surface area contributed by atoms with Gasteiger partial charge in [-0.15, -0.1) is 10.2 Å². The van der Waals surface area contributed by atoms with E-state index in [2.05, 4.69) is 20.8 Å². The average Bonchev–Trinajstić information content (AvgIpc) is 3.34. The third-order valence-corrected chi connectivity index (χ3v) is 4.55. The Balaban J connectivity index is 1.71. The predicted octanol–water partition coefficient (Wildman–Crippen LogP) is 2.26. The number of furan rings is 1. The number of carbonyl (C=O) groups excluding carboxylic acids is 2. The molecule has 8 nitrogen and oxygen atoms in total. The molecule has 0 atom stereocenters. The Hall–Kier alpha value is -3.07. The molecule has 0 saturated carbocycles. The summed E-state index contributed by atoms with van der Waals surface area (Å²) in [5, 5.41) is 14.3. The molecule has 1 aromatic carbocycles. The molecule has 0 saturated heterocycles. The number of rotatable bonds is 8. The van der Waals surface area contributed by atoms with E-state index in [1.165, 1.54) is 11.8 Å². The highest BCUT2D eigenvalue weighted by atomic mass is 32.2. The van der Waals surface area contributed by atoms with E-state index in [-0.39, 0.29) is 30.2 Å². The van der Waals surface area contributed by atoms with Gasteiger partial charge in [0.25, 0.3) is 0 Å². The van der Waals surface area contributed by atoms with Gasteiger partial charge in [0.1, 0.15) is 0 Å². The van der Waals surface area contributed by atoms with Gasteiger partial charge in [-0.2, -0.15) is 0 Å². The monoisotopic (exact) mass is 399 g/mol. The number of para-hydroxylation sites is 1. The summed E-state index contributed by atoms with van der Waals surface area (Å²) >= 11 is 1.24. The first-order valence-corrected chi connectivity index (χ1v) is 9.76. The number of thioether (sulfide) groups is 1. The first kappa shape index (κ1) is 19.7. The van der Waals surface area contributed by atoms with Crippen molar-refractivity contribution in [2.75, 3.05) is 12.3 Å². The maximum absolute atomic E-state index is 12.1. The van der Waals surface area contributed by atoms with Crippen molar-refractivity contribution >= 4 is 23.6 Å². The molecule has 0 fully saturated rings. The van der Waals surface area contributed by atoms with E-state index in [9.17, 15) is 9.59 Å². The van der Waals surface area contributed by atoms with Gasteiger partial charge in [0, 0.05) is 11.7 Å². The van der Waals surface area contributed by atoms with Crippen molar-refractivity contribution in [1.29, 1.82) is 0 Å². The molecular formula is C19H21N5O3S. The number of carbonyl (C=O) groups is 2. The summed E-state index contributed by atoms with van der Waals surface area (Å²) in [6.07, 6.45) is 1.57. The van der Waals surface area contributed by atoms with Crippen molar-refractivity contribution in [2.45, 2.75) is 25.0 Å². The number of nitrogens with one attached hydrogen (secondary N) is 2. The molecule has 0 aliphatic carbocycles. The van der Waals surface area contributed by atoms with Crippen molar-refractivity contribution in [2.24, 2.45) is 0 Å². The van der Waals surface area contributed by atoms with Gasteiger partial charge in [-0.1, -0.05) is 30.0 Å². The largest absolute Gasteiger partial charge is 0.461 e. The molecule has 0 aliphatic heterocycles. The van der Waals surface area contributed by atoms with Gasteiger partial charge in [-0.05, 0) is 38.1 Å². The first-order valence-electron chi connectivity index (χ1n) is 8.78. The van der Waals surface area contributed by atoms with Crippen LogP contribution in [0.2, 0.25) is 0 Å². The van der Waals surface area contributed by atoms with Crippen LogP contribution in [0.3, 0.4) is 0 Å². The standard InChI is InChI=1S/C19H21N5O3S/c1-13(2)21-16(25)11-20-17(26)12-28-19-23-22-18(15-9-6-10-27-15)24(19)14-7-4-3-5-8-14/h3-10,13H,11-12H2,1-2H3,(H,20,26)(H,21,25). The molecule has 0 bridgehead atoms. The number of hydrogen-bond donors (Lipinski definition) is 2. The zero-order valence-corrected chi connectivity index (χ0v) is 16.4. The van der Waals surface area contributed by atoms with Gasteiger partial charge in [0.2, 0.25) is 17.6 Å². The molecule has 2 N–H and O–H groups in total. The van der Waals surface area contributed by atoms with Crippen molar-refractivity contribution < 1.29 is 14.0 Å². The normalized spacial score (nSPS) is 10.8. The minimum absolute atomic E-state index is 0.0308. The lowest BCUT2D eigenvalue weighted by Gasteiger charge is -2.10. The molecule has 28 heavy (non-hydrogen) atoms. The summed E-state index contributed by atoms with van der Waals surface area (Å²) in [5.41, 5.74) is 0.859. The fourth-order valence-electron chi connectivity index (χ4n) is 2.47. The molecule has 2 heterocycles. The average molecular weight is 399 g/mol. The highest BCUT2D eigenvalue weighted by Crippen LogP contribution is 2.27. The number of aromatic nitrogens is 3. The molecule has 0 radical (unpaired) electrons. The summed E-state index contributed by atoms with van der Waals surface area (Å²) in [4.78, 5) is 23.7. The van der Waals surface area contributed by atoms with E-state index in [4.69, 9.17) is 4.42 Å². The van der Waals surface area contributed by atoms with Crippen LogP contribution in [0.1, 0.15) is 13.8 Å². The minimum atomic E-state index is -0.258. The topological polar surface area (TPSA) is 102 Å². The van der Waals surface area contributed by atoms with Crippen LogP contribution in [0.15, 0.2) is 58.3 Å². The van der Waals surface area contributed by atoms with E-state index >= 15 is 0 Å². The van der Waals surface area contributed by atoms with E-state index in [1.54, 1.807) is 18.4 Å². The van der Waals surface area contributed by atoms with Crippen LogP contribution in [-0.4, -0.2) is 44.9 Å². The van der Waals surface area contributed by atoms with Crippen LogP contribution < -0.4 is 10.6 Å². The molecule has 0 unspecified atom stereocenters. The van der Waals surface area contributed by atoms with Crippen LogP contribution in [0.5, 0.6) is 0 Å². The van der Waals surface area contributed by atoms with Crippen molar-refractivity contribution in [3.8, 4) is 17.3 Å². The van der Waals surface area contributed by atoms with Crippen LogP contribution in [0, 0.1) is 0 Å². The Labute approximate surface area is 166 Å². The van der Waals surface area contributed by atoms with E-state index in [0.717, 1.165) is 5.69 Å². The quantitative estimate of drug-likeness (QED) is 0.564. The minimum Gasteiger partial charge on any atom is -0.461 e. The lowest BCUT2D eigenvalue weighted by molar-refractivity contribution is -0.125. The Morgan fingerprint density at radius 2 is 1.89 bits per heavy atom. The highest BCUT2D eigenvalue weighted by molar-refractivity contribution is 7.99. The fraction of sp³-hybridized carbons (Fsp3) is 0.263. The lowest BCUT2D eigenvalue weighted by atomic mass is 10.3. The van der Waals surface area contributed by atoms with E-state index in [1.807, 2.05) is 48.7 Å². The Bertz CT molecular complexity index is 922. The zero-order chi connectivity index (χ0) is 19.9. The molecule has 2 aromatic heterocycles. The lowest BCUT2D eigenvalue weighted by Crippen LogP contribution is -2.40. The predicted molar refractivity (Wildman–Crippen MR) is 106 cm³/mol. The molecular weight excluding hydrogens is 378 g/mol. The SMILES string of the molecule is CC(C)NC(=O)CNC(=O)CSc1nnc(-c2ccco2)n1-c1ccccc1. The summed E-state index contributed by atoms with van der Waals surface area (Å²) in [6, 6.07) is 13.2. The van der Waals surface area contributed by atoms with Crippen LogP contribution in [0.25, 0.3) is 17.3 Å². The van der Waals surface area contributed by atoms with Gasteiger partial charge in [0.05, 0.1) is 18.6 Å². The second-order valence-corrected chi connectivity index (χ2v) is 7.18. The third kappa shape index (κ3) is 5.01. The van der Waals surface area contributed by atoms with Crippen molar-refractivity contribution in [3.05, 3.63) is 48.7 Å². The second kappa shape index (κ2) is 9.23. The molecule has 146 valence electrons. The van der Waals surface area contributed by atoms with Crippen molar-refractivity contribution in [3.63, 3.8) is 0 Å². The number of nitrogens with zero attached hydrogens (tertiary/aromatic N) is 3. The summed E-state index contributed by atoms with van der Waals surface area (Å²) in [6.45, 7) is 3.67. The summed E-state index contributed by atoms with van der Waals surface area (Å²) in [5.74, 6) is 0.762. The van der Waals surface area contributed by atoms with E-state index in [0.29, 0.717) is 16.7 Å². The Kier molecular flexibility index (Phi) is 6.49. The molecule has 9 heteroatoms. The number of benzene rings is 1. The number of hydrogen-bond acceptors (Lipinski definition) is 6. The molecule has 0 spiro atoms.